The number of nitrogens with zero attached hydrogens (tertiary/aromatic N) is 1. The minimum Gasteiger partial charge on any atom is -0.507 e. The van der Waals surface area contributed by atoms with E-state index in [4.69, 9.17) is 14.3 Å². The summed E-state index contributed by atoms with van der Waals surface area (Å²) in [6, 6.07) is -1.13. The Morgan fingerprint density at radius 2 is 2.00 bits per heavy atom. The number of hydroxylamine groups is 1. The zero-order valence-corrected chi connectivity index (χ0v) is 20.9. The second-order valence-corrected chi connectivity index (χ2v) is 8.62. The van der Waals surface area contributed by atoms with Gasteiger partial charge in [0, 0.05) is 22.4 Å². The van der Waals surface area contributed by atoms with Crippen molar-refractivity contribution in [3.05, 3.63) is 39.5 Å². The van der Waals surface area contributed by atoms with Gasteiger partial charge in [-0.2, -0.15) is 0 Å². The lowest BCUT2D eigenvalue weighted by Crippen LogP contribution is -2.38. The fourth-order valence-electron chi connectivity index (χ4n) is 3.89. The molecule has 1 aromatic carbocycles. The third kappa shape index (κ3) is 6.17. The Balaban J connectivity index is 2.22. The Bertz CT molecular complexity index is 967. The molecule has 1 aliphatic heterocycles. The maximum absolute atomic E-state index is 13.7. The minimum absolute atomic E-state index is 0.0889. The summed E-state index contributed by atoms with van der Waals surface area (Å²) in [5.74, 6) is -1.47. The number of hydrogen-bond donors (Lipinski definition) is 1. The number of phenolic OH excluding ortho intramolecular Hbond substituents is 1. The van der Waals surface area contributed by atoms with E-state index in [-0.39, 0.29) is 37.4 Å². The van der Waals surface area contributed by atoms with Crippen LogP contribution < -0.4 is 0 Å². The second-order valence-electron chi connectivity index (χ2n) is 8.00. The molecule has 2 rings (SSSR count). The number of esters is 2. The van der Waals surface area contributed by atoms with E-state index < -0.39 is 39.1 Å². The molecule has 1 aromatic rings. The molecule has 0 fully saturated rings. The van der Waals surface area contributed by atoms with Gasteiger partial charge in [-0.05, 0) is 51.7 Å². The quantitative estimate of drug-likeness (QED) is 0.192. The maximum Gasteiger partial charge on any atom is 0.447 e. The summed E-state index contributed by atoms with van der Waals surface area (Å²) in [5, 5.41) is 10.7. The fourth-order valence-corrected chi connectivity index (χ4v) is 4.33. The largest absolute Gasteiger partial charge is 0.507 e. The van der Waals surface area contributed by atoms with Gasteiger partial charge in [0.25, 0.3) is 6.43 Å². The van der Waals surface area contributed by atoms with Crippen LogP contribution in [0.1, 0.15) is 66.7 Å². The van der Waals surface area contributed by atoms with E-state index in [2.05, 4.69) is 0 Å². The van der Waals surface area contributed by atoms with Crippen LogP contribution in [0.5, 0.6) is 5.75 Å². The number of hydrogen-bond acceptors (Lipinski definition) is 7. The molecule has 3 atom stereocenters. The molecule has 8 nitrogen and oxygen atoms in total. The van der Waals surface area contributed by atoms with E-state index in [0.717, 1.165) is 11.1 Å². The summed E-state index contributed by atoms with van der Waals surface area (Å²) >= 11 is 0. The van der Waals surface area contributed by atoms with E-state index in [1.54, 1.807) is 19.9 Å². The van der Waals surface area contributed by atoms with Gasteiger partial charge in [0.1, 0.15) is 24.0 Å². The molecule has 11 heteroatoms. The molecule has 34 heavy (non-hydrogen) atoms. The monoisotopic (exact) mass is 502 g/mol. The van der Waals surface area contributed by atoms with Crippen molar-refractivity contribution in [1.29, 1.82) is 0 Å². The Morgan fingerprint density at radius 1 is 1.32 bits per heavy atom. The van der Waals surface area contributed by atoms with Gasteiger partial charge in [0.05, 0.1) is 6.61 Å². The predicted molar refractivity (Wildman–Crippen MR) is 121 cm³/mol. The van der Waals surface area contributed by atoms with Crippen LogP contribution in [0.4, 0.5) is 8.78 Å². The van der Waals surface area contributed by atoms with Gasteiger partial charge in [-0.1, -0.05) is 23.1 Å². The van der Waals surface area contributed by atoms with E-state index in [1.165, 1.54) is 6.92 Å². The van der Waals surface area contributed by atoms with Crippen molar-refractivity contribution < 1.29 is 42.4 Å². The number of aromatic hydroxyl groups is 1. The van der Waals surface area contributed by atoms with Crippen LogP contribution >= 0.6 is 8.61 Å². The van der Waals surface area contributed by atoms with Gasteiger partial charge in [-0.25, -0.2) is 18.4 Å². The van der Waals surface area contributed by atoms with Crippen LogP contribution in [0.3, 0.4) is 0 Å². The van der Waals surface area contributed by atoms with Crippen molar-refractivity contribution in [2.75, 3.05) is 6.61 Å². The van der Waals surface area contributed by atoms with Crippen molar-refractivity contribution >= 4 is 20.5 Å². The molecule has 1 heterocycles. The van der Waals surface area contributed by atoms with Crippen molar-refractivity contribution in [3.63, 3.8) is 0 Å². The van der Waals surface area contributed by atoms with Crippen molar-refractivity contribution in [2.45, 2.75) is 79.1 Å². The summed E-state index contributed by atoms with van der Waals surface area (Å²) in [5.41, 5.74) is 3.66. The number of halogens is 2. The van der Waals surface area contributed by atoms with Gasteiger partial charge in [-0.15, -0.1) is 0 Å². The molecule has 188 valence electrons. The van der Waals surface area contributed by atoms with Crippen LogP contribution in [0, 0.1) is 6.92 Å². The number of rotatable bonds is 12. The molecular formula is C23H31F2NO7P+. The first-order chi connectivity index (χ1) is 16.1. The zero-order chi connectivity index (χ0) is 25.6. The number of carbonyl (C=O) groups excluding carboxylic acids is 2. The molecule has 0 saturated carbocycles. The SMILES string of the molecule is CCOC(=O)[C@H](C)N(OC(CC(C)=CCc1c(O)c2c(c(C)c1CC)COC2=O)C(F)F)[PH+]=O. The van der Waals surface area contributed by atoms with Gasteiger partial charge >= 0.3 is 20.5 Å². The van der Waals surface area contributed by atoms with E-state index in [0.29, 0.717) is 28.0 Å². The summed E-state index contributed by atoms with van der Waals surface area (Å²) in [6.45, 7) is 8.57. The third-order valence-corrected chi connectivity index (χ3v) is 6.45. The molecule has 0 aromatic heterocycles. The number of ether oxygens (including phenoxy) is 2. The third-order valence-electron chi connectivity index (χ3n) is 5.78. The predicted octanol–water partition coefficient (Wildman–Crippen LogP) is 4.57. The smallest absolute Gasteiger partial charge is 0.447 e. The molecule has 0 saturated heterocycles. The highest BCUT2D eigenvalue weighted by Crippen LogP contribution is 2.38. The second kappa shape index (κ2) is 12.3. The number of carbonyl (C=O) groups is 2. The Kier molecular flexibility index (Phi) is 10.1. The lowest BCUT2D eigenvalue weighted by atomic mass is 9.89. The highest BCUT2D eigenvalue weighted by atomic mass is 31.1. The average molecular weight is 502 g/mol. The number of alkyl halides is 2. The van der Waals surface area contributed by atoms with Crippen LogP contribution in [-0.2, 0) is 43.1 Å². The molecule has 2 unspecified atom stereocenters. The van der Waals surface area contributed by atoms with E-state index in [1.807, 2.05) is 13.8 Å². The first-order valence-electron chi connectivity index (χ1n) is 11.0. The zero-order valence-electron chi connectivity index (χ0n) is 19.9. The lowest BCUT2D eigenvalue weighted by molar-refractivity contribution is -0.200. The first-order valence-corrected chi connectivity index (χ1v) is 11.9. The highest BCUT2D eigenvalue weighted by Gasteiger charge is 2.35. The van der Waals surface area contributed by atoms with E-state index in [9.17, 15) is 28.0 Å². The maximum atomic E-state index is 13.7. The van der Waals surface area contributed by atoms with Crippen molar-refractivity contribution in [3.8, 4) is 5.75 Å². The van der Waals surface area contributed by atoms with Crippen LogP contribution in [-0.4, -0.2) is 47.1 Å². The molecule has 0 aliphatic carbocycles. The Hall–Kier alpha value is -2.42. The summed E-state index contributed by atoms with van der Waals surface area (Å²) in [6.07, 6.45) is -2.26. The molecule has 0 bridgehead atoms. The van der Waals surface area contributed by atoms with E-state index >= 15 is 0 Å². The molecule has 1 N–H and O–H groups in total. The van der Waals surface area contributed by atoms with Crippen molar-refractivity contribution in [2.24, 2.45) is 0 Å². The van der Waals surface area contributed by atoms with Gasteiger partial charge in [-0.3, -0.25) is 4.79 Å². The highest BCUT2D eigenvalue weighted by molar-refractivity contribution is 7.20. The fraction of sp³-hybridized carbons (Fsp3) is 0.565. The van der Waals surface area contributed by atoms with Crippen LogP contribution in [0.15, 0.2) is 11.6 Å². The summed E-state index contributed by atoms with van der Waals surface area (Å²) in [7, 11) is -1.29. The number of cyclic esters (lactones) is 1. The molecule has 0 spiro atoms. The number of benzene rings is 1. The summed E-state index contributed by atoms with van der Waals surface area (Å²) in [4.78, 5) is 29.8. The normalized spacial score (nSPS) is 15.6. The summed E-state index contributed by atoms with van der Waals surface area (Å²) < 4.78 is 48.7. The first kappa shape index (κ1) is 27.8. The Labute approximate surface area is 199 Å². The molecule has 0 amide bonds. The van der Waals surface area contributed by atoms with Crippen LogP contribution in [0.2, 0.25) is 0 Å². The Morgan fingerprint density at radius 3 is 2.56 bits per heavy atom. The van der Waals surface area contributed by atoms with Gasteiger partial charge < -0.3 is 14.6 Å². The molecule has 0 radical (unpaired) electrons. The van der Waals surface area contributed by atoms with Crippen molar-refractivity contribution in [1.82, 2.24) is 4.83 Å². The van der Waals surface area contributed by atoms with Crippen LogP contribution in [0.25, 0.3) is 0 Å². The minimum atomic E-state index is -2.91. The molecular weight excluding hydrogens is 471 g/mol. The number of phenols is 1. The van der Waals surface area contributed by atoms with Gasteiger partial charge in [0.15, 0.2) is 6.04 Å². The molecule has 1 aliphatic rings. The number of fused-ring (bicyclic) bond motifs is 1. The topological polar surface area (TPSA) is 102 Å². The van der Waals surface area contributed by atoms with Gasteiger partial charge in [0.2, 0.25) is 0 Å². The average Bonchev–Trinajstić information content (AvgIpc) is 3.19. The lowest BCUT2D eigenvalue weighted by Gasteiger charge is -2.21. The standard InChI is InChI=1S/C23H30F2NO7P/c1-6-15-13(4)17-11-32-23(29)19(17)20(27)16(15)9-8-12(3)10-18(21(24)25)33-26(34-30)14(5)22(28)31-7-2/h8,14,18,21,27H,6-7,9-11H2,1-5H3/p+1/t14-,18?/m0/s1. The number of allylic oxidation sites excluding steroid dienone is 1.